The molecule has 2 aromatic heterocycles. The molecule has 0 radical (unpaired) electrons. The van der Waals surface area contributed by atoms with E-state index in [4.69, 9.17) is 0 Å². The third-order valence-electron chi connectivity index (χ3n) is 6.08. The number of amides is 2. The Kier molecular flexibility index (Phi) is 6.05. The molecule has 1 N–H and O–H groups in total. The van der Waals surface area contributed by atoms with E-state index in [9.17, 15) is 18.8 Å². The van der Waals surface area contributed by atoms with E-state index in [1.165, 1.54) is 18.2 Å². The van der Waals surface area contributed by atoms with Crippen LogP contribution in [0.2, 0.25) is 0 Å². The number of pyridine rings is 1. The van der Waals surface area contributed by atoms with Crippen LogP contribution in [0.4, 0.5) is 4.39 Å². The monoisotopic (exact) mass is 471 g/mol. The predicted molar refractivity (Wildman–Crippen MR) is 128 cm³/mol. The van der Waals surface area contributed by atoms with Gasteiger partial charge in [0.1, 0.15) is 11.5 Å². The molecule has 35 heavy (non-hydrogen) atoms. The molecule has 2 aromatic carbocycles. The van der Waals surface area contributed by atoms with Crippen molar-refractivity contribution in [3.63, 3.8) is 0 Å². The molecule has 0 saturated carbocycles. The number of hydrogen-bond donors (Lipinski definition) is 1. The molecule has 0 atom stereocenters. The second kappa shape index (κ2) is 9.46. The van der Waals surface area contributed by atoms with Gasteiger partial charge in [0.15, 0.2) is 0 Å². The Hall–Kier alpha value is -4.40. The van der Waals surface area contributed by atoms with Crippen LogP contribution in [-0.2, 0) is 6.42 Å². The number of nitrogens with zero attached hydrogens (tertiary/aromatic N) is 4. The fourth-order valence-corrected chi connectivity index (χ4v) is 4.25. The van der Waals surface area contributed by atoms with Gasteiger partial charge < -0.3 is 9.80 Å². The molecule has 5 rings (SSSR count). The summed E-state index contributed by atoms with van der Waals surface area (Å²) >= 11 is 0. The third-order valence-corrected chi connectivity index (χ3v) is 6.08. The lowest BCUT2D eigenvalue weighted by molar-refractivity contribution is 0.0532. The Bertz CT molecular complexity index is 1480. The molecule has 9 heteroatoms. The number of halogens is 1. The zero-order valence-electron chi connectivity index (χ0n) is 18.8. The van der Waals surface area contributed by atoms with Gasteiger partial charge in [0.2, 0.25) is 0 Å². The van der Waals surface area contributed by atoms with Crippen molar-refractivity contribution >= 4 is 22.6 Å². The normalized spacial score (nSPS) is 13.7. The predicted octanol–water partition coefficient (Wildman–Crippen LogP) is 2.65. The molecular formula is C26H22FN5O3. The summed E-state index contributed by atoms with van der Waals surface area (Å²) in [5.74, 6) is -0.929. The molecule has 176 valence electrons. The van der Waals surface area contributed by atoms with Gasteiger partial charge in [-0.3, -0.25) is 14.4 Å². The zero-order chi connectivity index (χ0) is 24.4. The number of hydrogen-bond acceptors (Lipinski definition) is 5. The molecule has 0 spiro atoms. The number of rotatable bonds is 4. The molecule has 1 fully saturated rings. The van der Waals surface area contributed by atoms with Crippen molar-refractivity contribution in [2.24, 2.45) is 0 Å². The second-order valence-electron chi connectivity index (χ2n) is 8.33. The van der Waals surface area contributed by atoms with Gasteiger partial charge in [0, 0.05) is 49.2 Å². The van der Waals surface area contributed by atoms with E-state index < -0.39 is 5.82 Å². The van der Waals surface area contributed by atoms with Crippen molar-refractivity contribution < 1.29 is 14.0 Å². The van der Waals surface area contributed by atoms with E-state index in [1.807, 2.05) is 18.2 Å². The maximum Gasteiger partial charge on any atom is 0.272 e. The molecule has 0 bridgehead atoms. The van der Waals surface area contributed by atoms with Crippen molar-refractivity contribution in [1.82, 2.24) is 25.0 Å². The topological polar surface area (TPSA) is 99.3 Å². The van der Waals surface area contributed by atoms with Gasteiger partial charge in [-0.1, -0.05) is 30.3 Å². The molecule has 4 aromatic rings. The van der Waals surface area contributed by atoms with E-state index in [1.54, 1.807) is 40.1 Å². The highest BCUT2D eigenvalue weighted by Gasteiger charge is 2.26. The third kappa shape index (κ3) is 4.65. The first-order valence-corrected chi connectivity index (χ1v) is 11.3. The molecule has 1 aliphatic heterocycles. The maximum absolute atomic E-state index is 13.5. The number of benzene rings is 2. The average molecular weight is 471 g/mol. The fraction of sp³-hybridized carbons (Fsp3) is 0.192. The molecule has 8 nitrogen and oxygen atoms in total. The van der Waals surface area contributed by atoms with E-state index in [2.05, 4.69) is 15.2 Å². The number of aromatic amines is 1. The fourth-order valence-electron chi connectivity index (χ4n) is 4.25. The van der Waals surface area contributed by atoms with Crippen molar-refractivity contribution in [2.45, 2.75) is 6.42 Å². The first-order valence-electron chi connectivity index (χ1n) is 11.3. The highest BCUT2D eigenvalue weighted by molar-refractivity contribution is 5.95. The van der Waals surface area contributed by atoms with Gasteiger partial charge in [0.25, 0.3) is 17.4 Å². The lowest BCUT2D eigenvalue weighted by Gasteiger charge is -2.34. The summed E-state index contributed by atoms with van der Waals surface area (Å²) in [5, 5.41) is 8.00. The Morgan fingerprint density at radius 3 is 2.29 bits per heavy atom. The molecule has 0 unspecified atom stereocenters. The second-order valence-corrected chi connectivity index (χ2v) is 8.33. The van der Waals surface area contributed by atoms with Crippen LogP contribution in [0.5, 0.6) is 0 Å². The largest absolute Gasteiger partial charge is 0.335 e. The Labute approximate surface area is 200 Å². The van der Waals surface area contributed by atoms with Gasteiger partial charge in [-0.2, -0.15) is 5.10 Å². The highest BCUT2D eigenvalue weighted by atomic mass is 19.1. The Morgan fingerprint density at radius 2 is 1.54 bits per heavy atom. The van der Waals surface area contributed by atoms with E-state index in [0.717, 1.165) is 5.39 Å². The number of carbonyl (C=O) groups is 2. The lowest BCUT2D eigenvalue weighted by atomic mass is 10.1. The van der Waals surface area contributed by atoms with Crippen molar-refractivity contribution in [2.75, 3.05) is 26.2 Å². The zero-order valence-corrected chi connectivity index (χ0v) is 18.8. The van der Waals surface area contributed by atoms with E-state index in [0.29, 0.717) is 60.6 Å². The quantitative estimate of drug-likeness (QED) is 0.493. The number of fused-ring (bicyclic) bond motifs is 1. The number of nitrogens with one attached hydrogen (secondary N) is 1. The average Bonchev–Trinajstić information content (AvgIpc) is 2.90. The molecule has 1 saturated heterocycles. The van der Waals surface area contributed by atoms with Crippen LogP contribution in [0, 0.1) is 5.82 Å². The van der Waals surface area contributed by atoms with Gasteiger partial charge >= 0.3 is 0 Å². The summed E-state index contributed by atoms with van der Waals surface area (Å²) in [7, 11) is 0. The molecule has 2 amide bonds. The van der Waals surface area contributed by atoms with Crippen LogP contribution < -0.4 is 5.56 Å². The first-order chi connectivity index (χ1) is 17.0. The van der Waals surface area contributed by atoms with Crippen LogP contribution in [0.25, 0.3) is 10.8 Å². The summed E-state index contributed by atoms with van der Waals surface area (Å²) in [6, 6.07) is 18.1. The minimum atomic E-state index is -0.458. The van der Waals surface area contributed by atoms with Crippen LogP contribution in [0.15, 0.2) is 71.5 Å². The van der Waals surface area contributed by atoms with Crippen LogP contribution in [-0.4, -0.2) is 63.0 Å². The van der Waals surface area contributed by atoms with Gasteiger partial charge in [0.05, 0.1) is 11.1 Å². The van der Waals surface area contributed by atoms with Crippen molar-refractivity contribution in [1.29, 1.82) is 0 Å². The number of aromatic nitrogens is 3. The van der Waals surface area contributed by atoms with Gasteiger partial charge in [-0.05, 0) is 36.4 Å². The first kappa shape index (κ1) is 22.4. The molecule has 3 heterocycles. The lowest BCUT2D eigenvalue weighted by Crippen LogP contribution is -2.50. The standard InChI is InChI=1S/C26H22FN5O3/c27-18-6-3-5-17(15-18)25(34)31-11-13-32(14-12-31)26(35)22-10-4-7-19(28-22)16-23-20-8-1-2-9-21(20)24(33)30-29-23/h1-10,15H,11-14,16H2,(H,30,33). The minimum absolute atomic E-state index is 0.219. The summed E-state index contributed by atoms with van der Waals surface area (Å²) in [6.07, 6.45) is 0.355. The molecule has 0 aliphatic carbocycles. The van der Waals surface area contributed by atoms with Gasteiger partial charge in [-0.25, -0.2) is 14.5 Å². The Balaban J connectivity index is 1.27. The summed E-state index contributed by atoms with van der Waals surface area (Å²) < 4.78 is 13.5. The summed E-state index contributed by atoms with van der Waals surface area (Å²) in [5.41, 5.74) is 1.67. The van der Waals surface area contributed by atoms with Crippen LogP contribution in [0.1, 0.15) is 32.2 Å². The summed E-state index contributed by atoms with van der Waals surface area (Å²) in [4.78, 5) is 45.6. The smallest absolute Gasteiger partial charge is 0.272 e. The molecular weight excluding hydrogens is 449 g/mol. The SMILES string of the molecule is O=C(c1cccc(F)c1)N1CCN(C(=O)c2cccc(Cc3n[nH]c(=O)c4ccccc34)n2)CC1. The highest BCUT2D eigenvalue weighted by Crippen LogP contribution is 2.17. The molecule has 1 aliphatic rings. The summed E-state index contributed by atoms with van der Waals surface area (Å²) in [6.45, 7) is 1.43. The Morgan fingerprint density at radius 1 is 0.857 bits per heavy atom. The van der Waals surface area contributed by atoms with Crippen LogP contribution in [0.3, 0.4) is 0 Å². The van der Waals surface area contributed by atoms with Crippen molar-refractivity contribution in [3.8, 4) is 0 Å². The van der Waals surface area contributed by atoms with E-state index in [-0.39, 0.29) is 17.4 Å². The van der Waals surface area contributed by atoms with Crippen molar-refractivity contribution in [3.05, 3.63) is 106 Å². The number of H-pyrrole nitrogens is 1. The number of carbonyl (C=O) groups excluding carboxylic acids is 2. The van der Waals surface area contributed by atoms with Gasteiger partial charge in [-0.15, -0.1) is 0 Å². The number of piperazine rings is 1. The maximum atomic E-state index is 13.5. The van der Waals surface area contributed by atoms with E-state index >= 15 is 0 Å². The van der Waals surface area contributed by atoms with Crippen LogP contribution >= 0.6 is 0 Å². The minimum Gasteiger partial charge on any atom is -0.335 e.